The Morgan fingerprint density at radius 3 is 2.55 bits per heavy atom. The van der Waals surface area contributed by atoms with E-state index >= 15 is 0 Å². The van der Waals surface area contributed by atoms with Crippen LogP contribution in [0.4, 0.5) is 8.78 Å². The fraction of sp³-hybridized carbons (Fsp3) is 0.333. The summed E-state index contributed by atoms with van der Waals surface area (Å²) >= 11 is 0. The molecule has 0 spiro atoms. The molecule has 0 heterocycles. The van der Waals surface area contributed by atoms with Gasteiger partial charge in [0.1, 0.15) is 0 Å². The van der Waals surface area contributed by atoms with Crippen LogP contribution in [0.2, 0.25) is 0 Å². The third-order valence-electron chi connectivity index (χ3n) is 1.15. The molecule has 0 bridgehead atoms. The average molecular weight is 158 g/mol. The summed E-state index contributed by atoms with van der Waals surface area (Å²) in [5.41, 5.74) is -0.0327. The maximum absolute atomic E-state index is 12.0. The molecule has 0 atom stereocenters. The average Bonchev–Trinajstić information content (AvgIpc) is 1.97. The van der Waals surface area contributed by atoms with Crippen molar-refractivity contribution in [3.05, 3.63) is 36.5 Å². The first-order valence-corrected chi connectivity index (χ1v) is 3.49. The predicted molar refractivity (Wildman–Crippen MR) is 43.7 cm³/mol. The van der Waals surface area contributed by atoms with Crippen molar-refractivity contribution in [1.82, 2.24) is 0 Å². The number of alkyl halides is 2. The van der Waals surface area contributed by atoms with Crippen LogP contribution in [0, 0.1) is 0 Å². The van der Waals surface area contributed by atoms with Gasteiger partial charge in [-0.15, -0.1) is 0 Å². The molecule has 2 heteroatoms. The molecule has 0 fully saturated rings. The molecule has 62 valence electrons. The lowest BCUT2D eigenvalue weighted by Crippen LogP contribution is -1.91. The van der Waals surface area contributed by atoms with Gasteiger partial charge < -0.3 is 0 Å². The quantitative estimate of drug-likeness (QED) is 0.550. The van der Waals surface area contributed by atoms with Crippen LogP contribution in [0.3, 0.4) is 0 Å². The van der Waals surface area contributed by atoms with Crippen LogP contribution in [0.15, 0.2) is 36.5 Å². The summed E-state index contributed by atoms with van der Waals surface area (Å²) in [6, 6.07) is 0. The van der Waals surface area contributed by atoms with Gasteiger partial charge in [0.15, 0.2) is 0 Å². The summed E-state index contributed by atoms with van der Waals surface area (Å²) in [5.74, 6) is 0. The van der Waals surface area contributed by atoms with Gasteiger partial charge in [0.25, 0.3) is 6.43 Å². The molecule has 0 aromatic rings. The van der Waals surface area contributed by atoms with E-state index in [9.17, 15) is 8.78 Å². The number of halogens is 2. The van der Waals surface area contributed by atoms with Gasteiger partial charge in [-0.05, 0) is 6.42 Å². The van der Waals surface area contributed by atoms with Crippen molar-refractivity contribution in [2.24, 2.45) is 0 Å². The summed E-state index contributed by atoms with van der Waals surface area (Å²) in [7, 11) is 0. The highest BCUT2D eigenvalue weighted by atomic mass is 19.3. The molecule has 0 radical (unpaired) electrons. The molecule has 0 unspecified atom stereocenters. The van der Waals surface area contributed by atoms with Gasteiger partial charge >= 0.3 is 0 Å². The Morgan fingerprint density at radius 2 is 2.18 bits per heavy atom. The predicted octanol–water partition coefficient (Wildman–Crippen LogP) is 3.33. The Morgan fingerprint density at radius 1 is 1.55 bits per heavy atom. The minimum atomic E-state index is -2.42. The second-order valence-corrected chi connectivity index (χ2v) is 2.01. The third kappa shape index (κ3) is 4.48. The zero-order chi connectivity index (χ0) is 8.69. The van der Waals surface area contributed by atoms with E-state index in [0.717, 1.165) is 6.42 Å². The maximum Gasteiger partial charge on any atom is 0.263 e. The van der Waals surface area contributed by atoms with E-state index in [4.69, 9.17) is 0 Å². The van der Waals surface area contributed by atoms with Gasteiger partial charge in [-0.2, -0.15) is 0 Å². The van der Waals surface area contributed by atoms with Crippen LogP contribution in [-0.2, 0) is 0 Å². The third-order valence-corrected chi connectivity index (χ3v) is 1.15. The van der Waals surface area contributed by atoms with Crippen LogP contribution in [0.1, 0.15) is 13.3 Å². The lowest BCUT2D eigenvalue weighted by Gasteiger charge is -1.95. The topological polar surface area (TPSA) is 0 Å². The molecule has 0 saturated heterocycles. The first-order chi connectivity index (χ1) is 5.22. The molecule has 0 amide bonds. The van der Waals surface area contributed by atoms with Gasteiger partial charge in [-0.1, -0.05) is 37.8 Å². The highest BCUT2D eigenvalue weighted by Crippen LogP contribution is 2.08. The second-order valence-electron chi connectivity index (χ2n) is 2.01. The van der Waals surface area contributed by atoms with Gasteiger partial charge in [-0.25, -0.2) is 8.78 Å². The van der Waals surface area contributed by atoms with Gasteiger partial charge in [0.2, 0.25) is 0 Å². The minimum Gasteiger partial charge on any atom is -0.205 e. The normalized spacial score (nSPS) is 12.9. The molecule has 0 N–H and O–H groups in total. The molecular weight excluding hydrogens is 146 g/mol. The molecule has 0 aliphatic heterocycles. The lowest BCUT2D eigenvalue weighted by atomic mass is 10.2. The summed E-state index contributed by atoms with van der Waals surface area (Å²) in [6.07, 6.45) is 4.40. The SMILES string of the molecule is C=C/C(=C\C=C\CC)C(F)F. The lowest BCUT2D eigenvalue weighted by molar-refractivity contribution is 0.194. The zero-order valence-electron chi connectivity index (χ0n) is 6.56. The first-order valence-electron chi connectivity index (χ1n) is 3.49. The van der Waals surface area contributed by atoms with Gasteiger partial charge in [0.05, 0.1) is 0 Å². The molecule has 0 nitrogen and oxygen atoms in total. The Kier molecular flexibility index (Phi) is 5.35. The highest BCUT2D eigenvalue weighted by molar-refractivity contribution is 5.23. The smallest absolute Gasteiger partial charge is 0.205 e. The van der Waals surface area contributed by atoms with Crippen molar-refractivity contribution in [2.75, 3.05) is 0 Å². The van der Waals surface area contributed by atoms with Crippen LogP contribution >= 0.6 is 0 Å². The Balaban J connectivity index is 4.12. The Labute approximate surface area is 65.9 Å². The van der Waals surface area contributed by atoms with Crippen LogP contribution in [-0.4, -0.2) is 6.43 Å². The number of hydrogen-bond acceptors (Lipinski definition) is 0. The van der Waals surface area contributed by atoms with Crippen molar-refractivity contribution < 1.29 is 8.78 Å². The largest absolute Gasteiger partial charge is 0.263 e. The standard InChI is InChI=1S/C9H12F2/c1-3-5-6-7-8(4-2)9(10)11/h4-7,9H,2-3H2,1H3/b6-5+,8-7+. The fourth-order valence-electron chi connectivity index (χ4n) is 0.545. The van der Waals surface area contributed by atoms with Crippen molar-refractivity contribution in [2.45, 2.75) is 19.8 Å². The Bertz CT molecular complexity index is 166. The molecule has 0 saturated carbocycles. The van der Waals surface area contributed by atoms with E-state index in [0.29, 0.717) is 0 Å². The Hall–Kier alpha value is -0.920. The summed E-state index contributed by atoms with van der Waals surface area (Å²) in [5, 5.41) is 0. The van der Waals surface area contributed by atoms with Gasteiger partial charge in [-0.3, -0.25) is 0 Å². The zero-order valence-corrected chi connectivity index (χ0v) is 6.56. The first kappa shape index (κ1) is 10.1. The van der Waals surface area contributed by atoms with E-state index in [-0.39, 0.29) is 5.57 Å². The fourth-order valence-corrected chi connectivity index (χ4v) is 0.545. The van der Waals surface area contributed by atoms with Crippen LogP contribution < -0.4 is 0 Å². The summed E-state index contributed by atoms with van der Waals surface area (Å²) in [6.45, 7) is 5.22. The van der Waals surface area contributed by atoms with E-state index in [1.165, 1.54) is 12.2 Å². The van der Waals surface area contributed by atoms with E-state index < -0.39 is 6.43 Å². The van der Waals surface area contributed by atoms with Crippen molar-refractivity contribution >= 4 is 0 Å². The van der Waals surface area contributed by atoms with Crippen molar-refractivity contribution in [3.63, 3.8) is 0 Å². The molecular formula is C9H12F2. The van der Waals surface area contributed by atoms with Crippen LogP contribution in [0.25, 0.3) is 0 Å². The van der Waals surface area contributed by atoms with Crippen molar-refractivity contribution in [1.29, 1.82) is 0 Å². The highest BCUT2D eigenvalue weighted by Gasteiger charge is 2.03. The number of rotatable bonds is 4. The van der Waals surface area contributed by atoms with Crippen molar-refractivity contribution in [3.8, 4) is 0 Å². The summed E-state index contributed by atoms with van der Waals surface area (Å²) < 4.78 is 23.9. The van der Waals surface area contributed by atoms with E-state index in [1.54, 1.807) is 6.08 Å². The number of hydrogen-bond donors (Lipinski definition) is 0. The minimum absolute atomic E-state index is 0.0327. The van der Waals surface area contributed by atoms with E-state index in [2.05, 4.69) is 6.58 Å². The molecule has 0 rings (SSSR count). The monoisotopic (exact) mass is 158 g/mol. The van der Waals surface area contributed by atoms with E-state index in [1.807, 2.05) is 13.0 Å². The molecule has 0 aliphatic carbocycles. The molecule has 0 aromatic heterocycles. The maximum atomic E-state index is 12.0. The van der Waals surface area contributed by atoms with Crippen LogP contribution in [0.5, 0.6) is 0 Å². The molecule has 0 aromatic carbocycles. The number of allylic oxidation sites excluding steroid dienone is 5. The second kappa shape index (κ2) is 5.83. The summed E-state index contributed by atoms with van der Waals surface area (Å²) in [4.78, 5) is 0. The molecule has 0 aliphatic rings. The van der Waals surface area contributed by atoms with Gasteiger partial charge in [0, 0.05) is 5.57 Å². The molecule has 11 heavy (non-hydrogen) atoms.